The van der Waals surface area contributed by atoms with Gasteiger partial charge in [0.05, 0.1) is 5.56 Å². The van der Waals surface area contributed by atoms with Crippen molar-refractivity contribution in [2.45, 2.75) is 19.3 Å². The summed E-state index contributed by atoms with van der Waals surface area (Å²) < 4.78 is 0. The minimum absolute atomic E-state index is 0.0277. The lowest BCUT2D eigenvalue weighted by Gasteiger charge is -2.29. The van der Waals surface area contributed by atoms with Gasteiger partial charge in [-0.05, 0) is 30.5 Å². The first-order valence-electron chi connectivity index (χ1n) is 7.56. The number of amides is 1. The second kappa shape index (κ2) is 4.98. The molecule has 1 amide bonds. The minimum Gasteiger partial charge on any atom is -0.344 e. The molecule has 0 bridgehead atoms. The number of nitrogens with zero attached hydrogens (tertiary/aromatic N) is 2. The zero-order chi connectivity index (χ0) is 15.1. The number of carbonyl (C=O) groups excluding carboxylic acids is 1. The highest BCUT2D eigenvalue weighted by Crippen LogP contribution is 2.30. The third-order valence-electron chi connectivity index (χ3n) is 4.27. The van der Waals surface area contributed by atoms with Crippen molar-refractivity contribution in [2.24, 2.45) is 0 Å². The first kappa shape index (κ1) is 13.1. The van der Waals surface area contributed by atoms with Crippen molar-refractivity contribution in [3.05, 3.63) is 65.5 Å². The van der Waals surface area contributed by atoms with Gasteiger partial charge in [0.25, 0.3) is 5.91 Å². The molecule has 0 aliphatic carbocycles. The van der Waals surface area contributed by atoms with Crippen molar-refractivity contribution >= 4 is 17.4 Å². The molecule has 22 heavy (non-hydrogen) atoms. The van der Waals surface area contributed by atoms with Crippen LogP contribution >= 0.6 is 0 Å². The molecule has 1 aromatic carbocycles. The van der Waals surface area contributed by atoms with Gasteiger partial charge in [-0.25, -0.2) is 4.98 Å². The van der Waals surface area contributed by atoms with Gasteiger partial charge in [0, 0.05) is 36.1 Å². The summed E-state index contributed by atoms with van der Waals surface area (Å²) >= 11 is 0. The Bertz CT molecular complexity index is 782. The highest BCUT2D eigenvalue weighted by atomic mass is 16.2. The summed E-state index contributed by atoms with van der Waals surface area (Å²) in [4.78, 5) is 19.1. The van der Waals surface area contributed by atoms with Crippen molar-refractivity contribution in [2.75, 3.05) is 16.8 Å². The third kappa shape index (κ3) is 2.08. The predicted molar refractivity (Wildman–Crippen MR) is 87.1 cm³/mol. The van der Waals surface area contributed by atoms with Gasteiger partial charge in [0.1, 0.15) is 5.82 Å². The van der Waals surface area contributed by atoms with Crippen LogP contribution in [0.4, 0.5) is 11.5 Å². The molecule has 4 rings (SSSR count). The lowest BCUT2D eigenvalue weighted by Crippen LogP contribution is -2.35. The molecule has 0 atom stereocenters. The van der Waals surface area contributed by atoms with Crippen LogP contribution in [0.5, 0.6) is 0 Å². The Morgan fingerprint density at radius 3 is 3.05 bits per heavy atom. The highest BCUT2D eigenvalue weighted by Gasteiger charge is 2.25. The number of aryl methyl sites for hydroxylation is 1. The Hall–Kier alpha value is -2.62. The first-order valence-corrected chi connectivity index (χ1v) is 7.56. The average Bonchev–Trinajstić information content (AvgIpc) is 2.92. The van der Waals surface area contributed by atoms with Crippen LogP contribution in [0.1, 0.15) is 27.9 Å². The maximum Gasteiger partial charge on any atom is 0.259 e. The zero-order valence-electron chi connectivity index (χ0n) is 12.3. The topological polar surface area (TPSA) is 45.2 Å². The van der Waals surface area contributed by atoms with E-state index in [2.05, 4.69) is 22.9 Å². The van der Waals surface area contributed by atoms with E-state index in [0.29, 0.717) is 5.56 Å². The molecule has 0 fully saturated rings. The lowest BCUT2D eigenvalue weighted by atomic mass is 10.0. The van der Waals surface area contributed by atoms with Gasteiger partial charge in [-0.15, -0.1) is 0 Å². The second-order valence-electron chi connectivity index (χ2n) is 5.83. The van der Waals surface area contributed by atoms with Crippen LogP contribution in [0.15, 0.2) is 48.8 Å². The van der Waals surface area contributed by atoms with Crippen LogP contribution in [0.3, 0.4) is 0 Å². The number of aromatic nitrogens is 1. The fourth-order valence-electron chi connectivity index (χ4n) is 3.22. The molecule has 110 valence electrons. The van der Waals surface area contributed by atoms with E-state index in [9.17, 15) is 4.79 Å². The standard InChI is InChI=1S/C18H17N3O/c1-12-9-14-10-15(11-19-17(14)20-12)18(22)21-8-4-6-13-5-2-3-7-16(13)21/h2-3,5,7,10-11H,1,4,6,8-9H2,(H,19,20). The first-order chi connectivity index (χ1) is 10.7. The molecular weight excluding hydrogens is 274 g/mol. The minimum atomic E-state index is 0.0277. The van der Waals surface area contributed by atoms with Crippen molar-refractivity contribution in [3.8, 4) is 0 Å². The molecule has 2 aliphatic rings. The number of hydrogen-bond donors (Lipinski definition) is 1. The van der Waals surface area contributed by atoms with E-state index in [4.69, 9.17) is 0 Å². The zero-order valence-corrected chi connectivity index (χ0v) is 12.3. The molecular formula is C18H17N3O. The number of allylic oxidation sites excluding steroid dienone is 1. The molecule has 3 heterocycles. The third-order valence-corrected chi connectivity index (χ3v) is 4.27. The van der Waals surface area contributed by atoms with Crippen LogP contribution in [0, 0.1) is 0 Å². The fourth-order valence-corrected chi connectivity index (χ4v) is 3.22. The van der Waals surface area contributed by atoms with E-state index in [1.165, 1.54) is 5.56 Å². The molecule has 0 radical (unpaired) electrons. The van der Waals surface area contributed by atoms with Crippen LogP contribution in [0.25, 0.3) is 0 Å². The summed E-state index contributed by atoms with van der Waals surface area (Å²) in [7, 11) is 0. The number of rotatable bonds is 1. The largest absolute Gasteiger partial charge is 0.344 e. The van der Waals surface area contributed by atoms with Crippen molar-refractivity contribution in [1.29, 1.82) is 0 Å². The van der Waals surface area contributed by atoms with E-state index in [1.54, 1.807) is 6.20 Å². The maximum atomic E-state index is 12.9. The Morgan fingerprint density at radius 2 is 2.14 bits per heavy atom. The second-order valence-corrected chi connectivity index (χ2v) is 5.83. The Balaban J connectivity index is 1.69. The summed E-state index contributed by atoms with van der Waals surface area (Å²) in [6.07, 6.45) is 4.43. The SMILES string of the molecule is C=C1Cc2cc(C(=O)N3CCCc4ccccc43)cnc2N1. The summed E-state index contributed by atoms with van der Waals surface area (Å²) in [5, 5.41) is 3.13. The number of benzene rings is 1. The highest BCUT2D eigenvalue weighted by molar-refractivity contribution is 6.06. The number of nitrogens with one attached hydrogen (secondary N) is 1. The van der Waals surface area contributed by atoms with Crippen LogP contribution in [-0.4, -0.2) is 17.4 Å². The molecule has 0 saturated heterocycles. The van der Waals surface area contributed by atoms with E-state index in [-0.39, 0.29) is 5.91 Å². The molecule has 2 aliphatic heterocycles. The summed E-state index contributed by atoms with van der Waals surface area (Å²) in [6.45, 7) is 4.68. The van der Waals surface area contributed by atoms with Crippen molar-refractivity contribution in [3.63, 3.8) is 0 Å². The summed E-state index contributed by atoms with van der Waals surface area (Å²) in [6, 6.07) is 10.1. The normalized spacial score (nSPS) is 16.0. The number of para-hydroxylation sites is 1. The molecule has 4 nitrogen and oxygen atoms in total. The number of hydrogen-bond acceptors (Lipinski definition) is 3. The monoisotopic (exact) mass is 291 g/mol. The summed E-state index contributed by atoms with van der Waals surface area (Å²) in [5.41, 5.74) is 4.89. The predicted octanol–water partition coefficient (Wildman–Crippen LogP) is 3.16. The lowest BCUT2D eigenvalue weighted by molar-refractivity contribution is 0.0984. The van der Waals surface area contributed by atoms with Crippen LogP contribution in [-0.2, 0) is 12.8 Å². The molecule has 0 unspecified atom stereocenters. The molecule has 4 heteroatoms. The van der Waals surface area contributed by atoms with Gasteiger partial charge in [-0.1, -0.05) is 24.8 Å². The van der Waals surface area contributed by atoms with Crippen LogP contribution in [0.2, 0.25) is 0 Å². The van der Waals surface area contributed by atoms with Gasteiger partial charge in [-0.3, -0.25) is 4.79 Å². The molecule has 1 N–H and O–H groups in total. The van der Waals surface area contributed by atoms with Gasteiger partial charge < -0.3 is 10.2 Å². The quantitative estimate of drug-likeness (QED) is 0.878. The van der Waals surface area contributed by atoms with Crippen molar-refractivity contribution in [1.82, 2.24) is 4.98 Å². The molecule has 2 aromatic rings. The van der Waals surface area contributed by atoms with E-state index in [0.717, 1.165) is 48.6 Å². The van der Waals surface area contributed by atoms with E-state index >= 15 is 0 Å². The fraction of sp³-hybridized carbons (Fsp3) is 0.222. The smallest absolute Gasteiger partial charge is 0.259 e. The van der Waals surface area contributed by atoms with E-state index < -0.39 is 0 Å². The number of carbonyl (C=O) groups is 1. The Kier molecular flexibility index (Phi) is 2.96. The summed E-state index contributed by atoms with van der Waals surface area (Å²) in [5.74, 6) is 0.848. The maximum absolute atomic E-state index is 12.9. The molecule has 0 saturated carbocycles. The van der Waals surface area contributed by atoms with Gasteiger partial charge in [-0.2, -0.15) is 0 Å². The number of fused-ring (bicyclic) bond motifs is 2. The number of pyridine rings is 1. The number of anilines is 2. The average molecular weight is 291 g/mol. The van der Waals surface area contributed by atoms with Gasteiger partial charge in [0.2, 0.25) is 0 Å². The van der Waals surface area contributed by atoms with Crippen LogP contribution < -0.4 is 10.2 Å². The van der Waals surface area contributed by atoms with E-state index in [1.807, 2.05) is 29.2 Å². The molecule has 1 aromatic heterocycles. The Labute approximate surface area is 129 Å². The van der Waals surface area contributed by atoms with Crippen molar-refractivity contribution < 1.29 is 4.79 Å². The molecule has 0 spiro atoms. The Morgan fingerprint density at radius 1 is 1.27 bits per heavy atom. The van der Waals surface area contributed by atoms with Gasteiger partial charge >= 0.3 is 0 Å². The van der Waals surface area contributed by atoms with Gasteiger partial charge in [0.15, 0.2) is 0 Å².